The number of carbonyl (C=O) groups excluding carboxylic acids is 1. The van der Waals surface area contributed by atoms with E-state index in [4.69, 9.17) is 16.7 Å². The highest BCUT2D eigenvalue weighted by Gasteiger charge is 2.23. The van der Waals surface area contributed by atoms with Crippen LogP contribution in [0.2, 0.25) is 5.02 Å². The molecule has 0 spiro atoms. The summed E-state index contributed by atoms with van der Waals surface area (Å²) in [6.07, 6.45) is 1.78. The Kier molecular flexibility index (Phi) is 5.00. The second-order valence-electron chi connectivity index (χ2n) is 5.76. The SMILES string of the molecule is CC(C)(CCC(=O)O)NC(=O)c1cn(-c2cccc(Cl)c2)nn1. The fraction of sp³-hybridized carbons (Fsp3) is 0.333. The molecule has 0 aliphatic rings. The number of halogens is 1. The lowest BCUT2D eigenvalue weighted by Gasteiger charge is -2.24. The Morgan fingerprint density at radius 1 is 1.39 bits per heavy atom. The van der Waals surface area contributed by atoms with E-state index in [0.29, 0.717) is 17.1 Å². The Balaban J connectivity index is 2.08. The minimum Gasteiger partial charge on any atom is -0.481 e. The van der Waals surface area contributed by atoms with Crippen LogP contribution in [0.5, 0.6) is 0 Å². The smallest absolute Gasteiger partial charge is 0.303 e. The lowest BCUT2D eigenvalue weighted by atomic mass is 9.98. The first-order valence-corrected chi connectivity index (χ1v) is 7.37. The molecule has 2 N–H and O–H groups in total. The van der Waals surface area contributed by atoms with Crippen molar-refractivity contribution in [1.82, 2.24) is 20.3 Å². The summed E-state index contributed by atoms with van der Waals surface area (Å²) >= 11 is 5.92. The van der Waals surface area contributed by atoms with E-state index in [1.54, 1.807) is 38.1 Å². The number of aromatic nitrogens is 3. The maximum Gasteiger partial charge on any atom is 0.303 e. The highest BCUT2D eigenvalue weighted by Crippen LogP contribution is 2.15. The van der Waals surface area contributed by atoms with Crippen LogP contribution >= 0.6 is 11.6 Å². The van der Waals surface area contributed by atoms with Gasteiger partial charge < -0.3 is 10.4 Å². The number of hydrogen-bond acceptors (Lipinski definition) is 4. The van der Waals surface area contributed by atoms with Crippen LogP contribution in [0.3, 0.4) is 0 Å². The zero-order chi connectivity index (χ0) is 17.0. The molecule has 0 atom stereocenters. The van der Waals surface area contributed by atoms with E-state index in [0.717, 1.165) is 0 Å². The predicted octanol–water partition coefficient (Wildman–Crippen LogP) is 2.29. The number of nitrogens with one attached hydrogen (secondary N) is 1. The molecule has 8 heteroatoms. The van der Waals surface area contributed by atoms with Gasteiger partial charge in [-0.05, 0) is 38.5 Å². The molecule has 7 nitrogen and oxygen atoms in total. The van der Waals surface area contributed by atoms with E-state index in [9.17, 15) is 9.59 Å². The summed E-state index contributed by atoms with van der Waals surface area (Å²) < 4.78 is 1.45. The molecule has 1 heterocycles. The minimum absolute atomic E-state index is 0.0253. The highest BCUT2D eigenvalue weighted by atomic mass is 35.5. The van der Waals surface area contributed by atoms with Crippen LogP contribution in [0.1, 0.15) is 37.2 Å². The Hall–Kier alpha value is -2.41. The van der Waals surface area contributed by atoms with Crippen molar-refractivity contribution in [2.45, 2.75) is 32.2 Å². The van der Waals surface area contributed by atoms with Crippen molar-refractivity contribution >= 4 is 23.5 Å². The van der Waals surface area contributed by atoms with Gasteiger partial charge in [-0.25, -0.2) is 4.68 Å². The van der Waals surface area contributed by atoms with Crippen LogP contribution in [-0.4, -0.2) is 37.5 Å². The first-order valence-electron chi connectivity index (χ1n) is 6.99. The van der Waals surface area contributed by atoms with Gasteiger partial charge in [-0.15, -0.1) is 5.10 Å². The maximum absolute atomic E-state index is 12.2. The Bertz CT molecular complexity index is 727. The van der Waals surface area contributed by atoms with E-state index in [1.165, 1.54) is 10.9 Å². The van der Waals surface area contributed by atoms with Gasteiger partial charge in [0.25, 0.3) is 5.91 Å². The summed E-state index contributed by atoms with van der Waals surface area (Å²) in [5, 5.41) is 19.8. The van der Waals surface area contributed by atoms with Gasteiger partial charge in [0.15, 0.2) is 5.69 Å². The summed E-state index contributed by atoms with van der Waals surface area (Å²) in [6.45, 7) is 3.52. The molecule has 0 saturated carbocycles. The van der Waals surface area contributed by atoms with Gasteiger partial charge in [-0.1, -0.05) is 22.9 Å². The topological polar surface area (TPSA) is 97.1 Å². The third-order valence-corrected chi connectivity index (χ3v) is 3.45. The molecule has 2 aromatic rings. The Morgan fingerprint density at radius 3 is 2.78 bits per heavy atom. The number of carboxylic acid groups (broad SMARTS) is 1. The predicted molar refractivity (Wildman–Crippen MR) is 84.8 cm³/mol. The highest BCUT2D eigenvalue weighted by molar-refractivity contribution is 6.30. The van der Waals surface area contributed by atoms with E-state index in [2.05, 4.69) is 15.6 Å². The molecule has 0 unspecified atom stereocenters. The summed E-state index contributed by atoms with van der Waals surface area (Å²) in [5.41, 5.74) is 0.178. The maximum atomic E-state index is 12.2. The van der Waals surface area contributed by atoms with Gasteiger partial charge in [0.1, 0.15) is 0 Å². The van der Waals surface area contributed by atoms with E-state index >= 15 is 0 Å². The standard InChI is InChI=1S/C15H17ClN4O3/c1-15(2,7-6-13(21)22)17-14(23)12-9-20(19-18-12)11-5-3-4-10(16)8-11/h3-5,8-9H,6-7H2,1-2H3,(H,17,23)(H,21,22). The number of benzene rings is 1. The number of nitrogens with zero attached hydrogens (tertiary/aromatic N) is 3. The number of carboxylic acids is 1. The van der Waals surface area contributed by atoms with Crippen molar-refractivity contribution in [3.8, 4) is 5.69 Å². The van der Waals surface area contributed by atoms with Crippen LogP contribution in [0.25, 0.3) is 5.69 Å². The quantitative estimate of drug-likeness (QED) is 0.843. The number of carbonyl (C=O) groups is 2. The van der Waals surface area contributed by atoms with E-state index in [1.807, 2.05) is 0 Å². The van der Waals surface area contributed by atoms with Crippen LogP contribution in [-0.2, 0) is 4.79 Å². The summed E-state index contributed by atoms with van der Waals surface area (Å²) in [6, 6.07) is 7.00. The number of amides is 1. The lowest BCUT2D eigenvalue weighted by Crippen LogP contribution is -2.43. The van der Waals surface area contributed by atoms with E-state index in [-0.39, 0.29) is 12.1 Å². The Labute approximate surface area is 138 Å². The fourth-order valence-corrected chi connectivity index (χ4v) is 2.15. The van der Waals surface area contributed by atoms with Gasteiger partial charge in [0, 0.05) is 17.0 Å². The van der Waals surface area contributed by atoms with Gasteiger partial charge in [0.05, 0.1) is 11.9 Å². The molecule has 0 saturated heterocycles. The second kappa shape index (κ2) is 6.78. The van der Waals surface area contributed by atoms with Crippen molar-refractivity contribution in [2.75, 3.05) is 0 Å². The molecule has 1 aromatic carbocycles. The molecule has 0 fully saturated rings. The first-order chi connectivity index (χ1) is 10.8. The number of aliphatic carboxylic acids is 1. The van der Waals surface area contributed by atoms with Gasteiger partial charge >= 0.3 is 5.97 Å². The third-order valence-electron chi connectivity index (χ3n) is 3.21. The summed E-state index contributed by atoms with van der Waals surface area (Å²) in [5.74, 6) is -1.31. The summed E-state index contributed by atoms with van der Waals surface area (Å²) in [4.78, 5) is 22.9. The molecule has 1 amide bonds. The second-order valence-corrected chi connectivity index (χ2v) is 6.20. The van der Waals surface area contributed by atoms with Gasteiger partial charge in [-0.3, -0.25) is 9.59 Å². The average Bonchev–Trinajstić information content (AvgIpc) is 2.95. The molecule has 0 radical (unpaired) electrons. The fourth-order valence-electron chi connectivity index (χ4n) is 1.97. The molecule has 122 valence electrons. The zero-order valence-electron chi connectivity index (χ0n) is 12.8. The largest absolute Gasteiger partial charge is 0.481 e. The van der Waals surface area contributed by atoms with Gasteiger partial charge in [-0.2, -0.15) is 0 Å². The third kappa shape index (κ3) is 4.79. The summed E-state index contributed by atoms with van der Waals surface area (Å²) in [7, 11) is 0. The molecule has 2 rings (SSSR count). The first kappa shape index (κ1) is 17.0. The Morgan fingerprint density at radius 2 is 2.13 bits per heavy atom. The van der Waals surface area contributed by atoms with Crippen molar-refractivity contribution in [3.05, 3.63) is 41.2 Å². The zero-order valence-corrected chi connectivity index (χ0v) is 13.5. The van der Waals surface area contributed by atoms with Crippen LogP contribution < -0.4 is 5.32 Å². The van der Waals surface area contributed by atoms with Crippen molar-refractivity contribution in [3.63, 3.8) is 0 Å². The van der Waals surface area contributed by atoms with Crippen LogP contribution in [0, 0.1) is 0 Å². The monoisotopic (exact) mass is 336 g/mol. The normalized spacial score (nSPS) is 11.3. The van der Waals surface area contributed by atoms with Crippen LogP contribution in [0.15, 0.2) is 30.5 Å². The van der Waals surface area contributed by atoms with Gasteiger partial charge in [0.2, 0.25) is 0 Å². The molecule has 23 heavy (non-hydrogen) atoms. The van der Waals surface area contributed by atoms with Crippen molar-refractivity contribution < 1.29 is 14.7 Å². The molecule has 1 aromatic heterocycles. The number of hydrogen-bond donors (Lipinski definition) is 2. The molecular formula is C15H17ClN4O3. The van der Waals surface area contributed by atoms with Crippen molar-refractivity contribution in [2.24, 2.45) is 0 Å². The average molecular weight is 337 g/mol. The van der Waals surface area contributed by atoms with Crippen molar-refractivity contribution in [1.29, 1.82) is 0 Å². The lowest BCUT2D eigenvalue weighted by molar-refractivity contribution is -0.137. The molecule has 0 bridgehead atoms. The minimum atomic E-state index is -0.903. The number of rotatable bonds is 6. The van der Waals surface area contributed by atoms with E-state index < -0.39 is 17.4 Å². The molecule has 0 aliphatic heterocycles. The molecule has 0 aliphatic carbocycles. The molecular weight excluding hydrogens is 320 g/mol. The van der Waals surface area contributed by atoms with Crippen LogP contribution in [0.4, 0.5) is 0 Å².